The second-order valence-electron chi connectivity index (χ2n) is 4.58. The molecule has 0 atom stereocenters. The molecule has 1 aromatic carbocycles. The molecular weight excluding hydrogens is 246 g/mol. The summed E-state index contributed by atoms with van der Waals surface area (Å²) >= 11 is 0. The number of ether oxygens (including phenoxy) is 1. The third-order valence-electron chi connectivity index (χ3n) is 3.20. The summed E-state index contributed by atoms with van der Waals surface area (Å²) in [5.74, 6) is -0.00181. The lowest BCUT2D eigenvalue weighted by Gasteiger charge is -2.26. The highest BCUT2D eigenvalue weighted by atomic mass is 16.5. The van der Waals surface area contributed by atoms with Crippen molar-refractivity contribution in [1.82, 2.24) is 9.97 Å². The number of aromatic amines is 1. The Bertz CT molecular complexity index is 602. The number of aliphatic carboxylic acids is 1. The average Bonchev–Trinajstić information content (AvgIpc) is 2.82. The minimum Gasteiger partial charge on any atom is -0.481 e. The molecule has 19 heavy (non-hydrogen) atoms. The summed E-state index contributed by atoms with van der Waals surface area (Å²) in [6.45, 7) is 3.06. The van der Waals surface area contributed by atoms with Gasteiger partial charge in [-0.3, -0.25) is 4.79 Å². The van der Waals surface area contributed by atoms with Crippen molar-refractivity contribution >= 4 is 23.0 Å². The zero-order valence-corrected chi connectivity index (χ0v) is 10.4. The summed E-state index contributed by atoms with van der Waals surface area (Å²) < 4.78 is 5.31. The smallest absolute Gasteiger partial charge is 0.307 e. The molecule has 1 aromatic heterocycles. The van der Waals surface area contributed by atoms with Gasteiger partial charge in [-0.1, -0.05) is 6.07 Å². The van der Waals surface area contributed by atoms with Gasteiger partial charge in [0, 0.05) is 13.1 Å². The highest BCUT2D eigenvalue weighted by Gasteiger charge is 2.15. The monoisotopic (exact) mass is 261 g/mol. The zero-order valence-electron chi connectivity index (χ0n) is 10.4. The molecule has 3 rings (SSSR count). The Morgan fingerprint density at radius 1 is 1.42 bits per heavy atom. The average molecular weight is 261 g/mol. The first-order valence-electron chi connectivity index (χ1n) is 6.25. The van der Waals surface area contributed by atoms with Crippen LogP contribution in [0.2, 0.25) is 0 Å². The molecule has 0 aliphatic carbocycles. The van der Waals surface area contributed by atoms with Crippen LogP contribution in [-0.4, -0.2) is 47.3 Å². The fourth-order valence-corrected chi connectivity index (χ4v) is 2.25. The van der Waals surface area contributed by atoms with Gasteiger partial charge in [-0.05, 0) is 17.7 Å². The van der Waals surface area contributed by atoms with Gasteiger partial charge >= 0.3 is 5.97 Å². The van der Waals surface area contributed by atoms with Crippen LogP contribution in [0.1, 0.15) is 5.56 Å². The second-order valence-corrected chi connectivity index (χ2v) is 4.58. The molecule has 2 heterocycles. The third kappa shape index (κ3) is 2.53. The number of aromatic nitrogens is 2. The summed E-state index contributed by atoms with van der Waals surface area (Å²) in [7, 11) is 0. The number of H-pyrrole nitrogens is 1. The Hall–Kier alpha value is -2.08. The van der Waals surface area contributed by atoms with Crippen molar-refractivity contribution in [2.24, 2.45) is 0 Å². The number of anilines is 1. The van der Waals surface area contributed by atoms with Gasteiger partial charge in [0.15, 0.2) is 0 Å². The van der Waals surface area contributed by atoms with Crippen molar-refractivity contribution < 1.29 is 14.6 Å². The first-order chi connectivity index (χ1) is 9.22. The predicted molar refractivity (Wildman–Crippen MR) is 70.5 cm³/mol. The first kappa shape index (κ1) is 12.0. The SMILES string of the molecule is O=C(O)Cc1ccc2nc(N3CCOCC3)[nH]c2c1. The van der Waals surface area contributed by atoms with Crippen LogP contribution >= 0.6 is 0 Å². The van der Waals surface area contributed by atoms with E-state index in [2.05, 4.69) is 14.9 Å². The fourth-order valence-electron chi connectivity index (χ4n) is 2.25. The molecule has 2 aromatic rings. The first-order valence-corrected chi connectivity index (χ1v) is 6.25. The number of hydrogen-bond acceptors (Lipinski definition) is 4. The summed E-state index contributed by atoms with van der Waals surface area (Å²) in [4.78, 5) is 20.6. The fraction of sp³-hybridized carbons (Fsp3) is 0.385. The van der Waals surface area contributed by atoms with Gasteiger partial charge in [0.2, 0.25) is 5.95 Å². The molecule has 1 fully saturated rings. The highest BCUT2D eigenvalue weighted by molar-refractivity contribution is 5.80. The number of benzene rings is 1. The van der Waals surface area contributed by atoms with E-state index < -0.39 is 5.97 Å². The lowest BCUT2D eigenvalue weighted by Crippen LogP contribution is -2.36. The van der Waals surface area contributed by atoms with Gasteiger partial charge in [0.05, 0.1) is 30.7 Å². The number of imidazole rings is 1. The maximum atomic E-state index is 10.7. The molecule has 0 amide bonds. The van der Waals surface area contributed by atoms with E-state index in [4.69, 9.17) is 9.84 Å². The van der Waals surface area contributed by atoms with Crippen molar-refractivity contribution in [2.45, 2.75) is 6.42 Å². The summed E-state index contributed by atoms with van der Waals surface area (Å²) in [6.07, 6.45) is 0.0296. The van der Waals surface area contributed by atoms with E-state index >= 15 is 0 Å². The molecule has 100 valence electrons. The molecule has 6 heteroatoms. The Labute approximate surface area is 110 Å². The van der Waals surface area contributed by atoms with Crippen LogP contribution < -0.4 is 4.90 Å². The van der Waals surface area contributed by atoms with Gasteiger partial charge < -0.3 is 19.7 Å². The van der Waals surface area contributed by atoms with Crippen LogP contribution in [0.5, 0.6) is 0 Å². The van der Waals surface area contributed by atoms with E-state index in [0.717, 1.165) is 35.6 Å². The molecule has 0 unspecified atom stereocenters. The summed E-state index contributed by atoms with van der Waals surface area (Å²) in [6, 6.07) is 5.51. The summed E-state index contributed by atoms with van der Waals surface area (Å²) in [5.41, 5.74) is 2.51. The molecule has 1 saturated heterocycles. The number of hydrogen-bond donors (Lipinski definition) is 2. The number of morpholine rings is 1. The largest absolute Gasteiger partial charge is 0.481 e. The lowest BCUT2D eigenvalue weighted by molar-refractivity contribution is -0.136. The maximum Gasteiger partial charge on any atom is 0.307 e. The second kappa shape index (κ2) is 4.89. The Balaban J connectivity index is 1.89. The molecular formula is C13H15N3O3. The van der Waals surface area contributed by atoms with E-state index in [1.54, 1.807) is 6.07 Å². The van der Waals surface area contributed by atoms with Crippen molar-refractivity contribution in [3.63, 3.8) is 0 Å². The van der Waals surface area contributed by atoms with Crippen LogP contribution in [0.3, 0.4) is 0 Å². The van der Waals surface area contributed by atoms with Crippen molar-refractivity contribution in [1.29, 1.82) is 0 Å². The number of nitrogens with zero attached hydrogens (tertiary/aromatic N) is 2. The molecule has 0 saturated carbocycles. The van der Waals surface area contributed by atoms with E-state index in [1.165, 1.54) is 0 Å². The van der Waals surface area contributed by atoms with Gasteiger partial charge in [0.25, 0.3) is 0 Å². The number of carboxylic acids is 1. The Kier molecular flexibility index (Phi) is 3.08. The normalized spacial score (nSPS) is 15.9. The van der Waals surface area contributed by atoms with Gasteiger partial charge in [-0.2, -0.15) is 0 Å². The molecule has 0 spiro atoms. The minimum atomic E-state index is -0.827. The predicted octanol–water partition coefficient (Wildman–Crippen LogP) is 1.03. The Morgan fingerprint density at radius 2 is 2.21 bits per heavy atom. The minimum absolute atomic E-state index is 0.0296. The maximum absolute atomic E-state index is 10.7. The van der Waals surface area contributed by atoms with Crippen LogP contribution in [-0.2, 0) is 16.0 Å². The molecule has 0 bridgehead atoms. The molecule has 0 radical (unpaired) electrons. The lowest BCUT2D eigenvalue weighted by atomic mass is 10.1. The van der Waals surface area contributed by atoms with Gasteiger partial charge in [-0.15, -0.1) is 0 Å². The number of rotatable bonds is 3. The topological polar surface area (TPSA) is 78.4 Å². The van der Waals surface area contributed by atoms with Crippen LogP contribution in [0.15, 0.2) is 18.2 Å². The van der Waals surface area contributed by atoms with E-state index in [1.807, 2.05) is 12.1 Å². The highest BCUT2D eigenvalue weighted by Crippen LogP contribution is 2.19. The molecule has 1 aliphatic rings. The van der Waals surface area contributed by atoms with E-state index in [0.29, 0.717) is 13.2 Å². The van der Waals surface area contributed by atoms with E-state index in [9.17, 15) is 4.79 Å². The molecule has 1 aliphatic heterocycles. The zero-order chi connectivity index (χ0) is 13.2. The number of carboxylic acid groups (broad SMARTS) is 1. The Morgan fingerprint density at radius 3 is 2.95 bits per heavy atom. The molecule has 6 nitrogen and oxygen atoms in total. The summed E-state index contributed by atoms with van der Waals surface area (Å²) in [5, 5.41) is 8.80. The van der Waals surface area contributed by atoms with E-state index in [-0.39, 0.29) is 6.42 Å². The number of nitrogens with one attached hydrogen (secondary N) is 1. The van der Waals surface area contributed by atoms with Crippen molar-refractivity contribution in [3.8, 4) is 0 Å². The van der Waals surface area contributed by atoms with Crippen LogP contribution in [0.25, 0.3) is 11.0 Å². The third-order valence-corrected chi connectivity index (χ3v) is 3.20. The van der Waals surface area contributed by atoms with Crippen molar-refractivity contribution in [3.05, 3.63) is 23.8 Å². The number of carbonyl (C=O) groups is 1. The quantitative estimate of drug-likeness (QED) is 0.862. The van der Waals surface area contributed by atoms with Crippen LogP contribution in [0, 0.1) is 0 Å². The van der Waals surface area contributed by atoms with Gasteiger partial charge in [-0.25, -0.2) is 4.98 Å². The molecule has 2 N–H and O–H groups in total. The van der Waals surface area contributed by atoms with Crippen molar-refractivity contribution in [2.75, 3.05) is 31.2 Å². The van der Waals surface area contributed by atoms with Gasteiger partial charge in [0.1, 0.15) is 0 Å². The standard InChI is InChI=1S/C13H15N3O3/c17-12(18)8-9-1-2-10-11(7-9)15-13(14-10)16-3-5-19-6-4-16/h1-2,7H,3-6,8H2,(H,14,15)(H,17,18). The van der Waals surface area contributed by atoms with Crippen LogP contribution in [0.4, 0.5) is 5.95 Å². The number of fused-ring (bicyclic) bond motifs is 1.